The molecule has 32 heavy (non-hydrogen) atoms. The normalized spacial score (nSPS) is 16.9. The summed E-state index contributed by atoms with van der Waals surface area (Å²) in [5, 5.41) is 2.04. The molecule has 1 aliphatic heterocycles. The average molecular weight is 452 g/mol. The zero-order valence-electron chi connectivity index (χ0n) is 17.5. The predicted octanol–water partition coefficient (Wildman–Crippen LogP) is 2.00. The van der Waals surface area contributed by atoms with Crippen LogP contribution in [0, 0.1) is 0 Å². The minimum Gasteiger partial charge on any atom is -0.286 e. The van der Waals surface area contributed by atoms with E-state index in [1.54, 1.807) is 0 Å². The number of hydrogen-bond donors (Lipinski definition) is 2. The monoisotopic (exact) mass is 451 g/mol. The average Bonchev–Trinajstić information content (AvgIpc) is 2.80. The molecule has 1 atom stereocenters. The Labute approximate surface area is 187 Å². The van der Waals surface area contributed by atoms with Crippen molar-refractivity contribution in [1.29, 1.82) is 0 Å². The van der Waals surface area contributed by atoms with Gasteiger partial charge in [-0.1, -0.05) is 72.8 Å². The van der Waals surface area contributed by atoms with Gasteiger partial charge in [0.05, 0.1) is 17.9 Å². The number of fused-ring (bicyclic) bond motifs is 1. The summed E-state index contributed by atoms with van der Waals surface area (Å²) in [6.07, 6.45) is 0.125. The maximum absolute atomic E-state index is 13.1. The van der Waals surface area contributed by atoms with Crippen molar-refractivity contribution in [3.63, 3.8) is 0 Å². The predicted molar refractivity (Wildman–Crippen MR) is 123 cm³/mol. The quantitative estimate of drug-likeness (QED) is 0.579. The van der Waals surface area contributed by atoms with E-state index in [2.05, 4.69) is 10.9 Å². The van der Waals surface area contributed by atoms with Crippen molar-refractivity contribution in [3.8, 4) is 0 Å². The van der Waals surface area contributed by atoms with Crippen LogP contribution < -0.4 is 10.9 Å². The molecular weight excluding hydrogens is 426 g/mol. The molecule has 1 heterocycles. The van der Waals surface area contributed by atoms with Crippen molar-refractivity contribution in [3.05, 3.63) is 83.9 Å². The molecule has 0 radical (unpaired) electrons. The largest absolute Gasteiger partial charge is 0.286 e. The van der Waals surface area contributed by atoms with Crippen LogP contribution in [0.5, 0.6) is 0 Å². The fourth-order valence-corrected chi connectivity index (χ4v) is 5.24. The van der Waals surface area contributed by atoms with Crippen molar-refractivity contribution in [2.24, 2.45) is 0 Å². The minimum absolute atomic E-state index is 0.0110. The summed E-state index contributed by atoms with van der Waals surface area (Å²) in [6.45, 7) is 0.526. The maximum Gasteiger partial charge on any atom is 0.260 e. The molecule has 3 aromatic rings. The van der Waals surface area contributed by atoms with Gasteiger partial charge < -0.3 is 0 Å². The summed E-state index contributed by atoms with van der Waals surface area (Å²) >= 11 is 0. The molecule has 1 saturated heterocycles. The Morgan fingerprint density at radius 2 is 1.50 bits per heavy atom. The molecule has 8 heteroatoms. The van der Waals surface area contributed by atoms with E-state index < -0.39 is 21.8 Å². The Balaban J connectivity index is 1.44. The molecule has 0 aromatic heterocycles. The highest BCUT2D eigenvalue weighted by molar-refractivity contribution is 7.91. The molecule has 2 N–H and O–H groups in total. The molecule has 4 rings (SSSR count). The van der Waals surface area contributed by atoms with Crippen LogP contribution in [-0.2, 0) is 25.8 Å². The first kappa shape index (κ1) is 22.0. The van der Waals surface area contributed by atoms with Crippen molar-refractivity contribution in [1.82, 2.24) is 15.8 Å². The first-order chi connectivity index (χ1) is 15.4. The van der Waals surface area contributed by atoms with Gasteiger partial charge >= 0.3 is 0 Å². The molecule has 0 bridgehead atoms. The SMILES string of the molecule is O=C(Cc1cccc2ccccc12)NNC(=O)C(c1ccccc1)N1CCS(=O)(=O)CC1. The molecule has 166 valence electrons. The number of amides is 2. The van der Waals surface area contributed by atoms with Crippen LogP contribution in [0.4, 0.5) is 0 Å². The third-order valence-corrected chi connectivity index (χ3v) is 7.27. The molecule has 1 fully saturated rings. The van der Waals surface area contributed by atoms with E-state index in [9.17, 15) is 18.0 Å². The number of nitrogens with zero attached hydrogens (tertiary/aromatic N) is 1. The van der Waals surface area contributed by atoms with Gasteiger partial charge in [0.25, 0.3) is 5.91 Å². The van der Waals surface area contributed by atoms with E-state index in [1.165, 1.54) is 0 Å². The van der Waals surface area contributed by atoms with Crippen molar-refractivity contribution < 1.29 is 18.0 Å². The summed E-state index contributed by atoms with van der Waals surface area (Å²) in [4.78, 5) is 27.5. The van der Waals surface area contributed by atoms with E-state index in [4.69, 9.17) is 0 Å². The van der Waals surface area contributed by atoms with Crippen LogP contribution in [0.25, 0.3) is 10.8 Å². The first-order valence-electron chi connectivity index (χ1n) is 10.5. The van der Waals surface area contributed by atoms with E-state index in [0.29, 0.717) is 0 Å². The number of carbonyl (C=O) groups excluding carboxylic acids is 2. The third kappa shape index (κ3) is 5.15. The Hall–Kier alpha value is -3.23. The van der Waals surface area contributed by atoms with Crippen LogP contribution >= 0.6 is 0 Å². The van der Waals surface area contributed by atoms with Gasteiger partial charge in [-0.2, -0.15) is 0 Å². The van der Waals surface area contributed by atoms with Gasteiger partial charge in [-0.05, 0) is 21.9 Å². The summed E-state index contributed by atoms with van der Waals surface area (Å²) in [5.74, 6) is -0.710. The lowest BCUT2D eigenvalue weighted by atomic mass is 10.0. The molecule has 2 amide bonds. The standard InChI is InChI=1S/C24H25N3O4S/c28-22(17-20-11-6-10-18-7-4-5-12-21(18)20)25-26-24(29)23(19-8-2-1-3-9-19)27-13-15-32(30,31)16-14-27/h1-12,23H,13-17H2,(H,25,28)(H,26,29). The second-order valence-electron chi connectivity index (χ2n) is 7.85. The van der Waals surface area contributed by atoms with Crippen molar-refractivity contribution in [2.75, 3.05) is 24.6 Å². The van der Waals surface area contributed by atoms with Crippen LogP contribution in [0.15, 0.2) is 72.8 Å². The van der Waals surface area contributed by atoms with E-state index in [0.717, 1.165) is 21.9 Å². The molecular formula is C24H25N3O4S. The number of rotatable bonds is 5. The molecule has 1 unspecified atom stereocenters. The highest BCUT2D eigenvalue weighted by Crippen LogP contribution is 2.23. The lowest BCUT2D eigenvalue weighted by Gasteiger charge is -2.33. The highest BCUT2D eigenvalue weighted by atomic mass is 32.2. The Bertz CT molecular complexity index is 1210. The van der Waals surface area contributed by atoms with Crippen LogP contribution in [0.3, 0.4) is 0 Å². The summed E-state index contributed by atoms with van der Waals surface area (Å²) in [6, 6.07) is 22.1. The molecule has 0 aliphatic carbocycles. The smallest absolute Gasteiger partial charge is 0.260 e. The van der Waals surface area contributed by atoms with Crippen LogP contribution in [0.2, 0.25) is 0 Å². The summed E-state index contributed by atoms with van der Waals surface area (Å²) in [7, 11) is -3.08. The number of hydrogen-bond acceptors (Lipinski definition) is 5. The van der Waals surface area contributed by atoms with Crippen LogP contribution in [-0.4, -0.2) is 49.7 Å². The third-order valence-electron chi connectivity index (χ3n) is 5.66. The van der Waals surface area contributed by atoms with Crippen molar-refractivity contribution in [2.45, 2.75) is 12.5 Å². The molecule has 1 aliphatic rings. The fraction of sp³-hybridized carbons (Fsp3) is 0.250. The topological polar surface area (TPSA) is 95.6 Å². The number of benzene rings is 3. The maximum atomic E-state index is 13.1. The second-order valence-corrected chi connectivity index (χ2v) is 10.2. The number of hydrazine groups is 1. The van der Waals surface area contributed by atoms with Gasteiger partial charge in [-0.3, -0.25) is 25.3 Å². The van der Waals surface area contributed by atoms with Gasteiger partial charge in [0.1, 0.15) is 6.04 Å². The fourth-order valence-electron chi connectivity index (χ4n) is 4.01. The minimum atomic E-state index is -3.08. The zero-order chi connectivity index (χ0) is 22.6. The number of carbonyl (C=O) groups is 2. The van der Waals surface area contributed by atoms with Gasteiger partial charge in [0.2, 0.25) is 5.91 Å². The summed E-state index contributed by atoms with van der Waals surface area (Å²) < 4.78 is 23.6. The van der Waals surface area contributed by atoms with E-state index >= 15 is 0 Å². The first-order valence-corrected chi connectivity index (χ1v) is 12.3. The van der Waals surface area contributed by atoms with Crippen LogP contribution in [0.1, 0.15) is 17.2 Å². The van der Waals surface area contributed by atoms with E-state index in [-0.39, 0.29) is 36.9 Å². The molecule has 7 nitrogen and oxygen atoms in total. The number of nitrogens with one attached hydrogen (secondary N) is 2. The molecule has 0 spiro atoms. The van der Waals surface area contributed by atoms with Gasteiger partial charge in [-0.15, -0.1) is 0 Å². The lowest BCUT2D eigenvalue weighted by molar-refractivity contribution is -0.132. The Morgan fingerprint density at radius 1 is 0.844 bits per heavy atom. The Morgan fingerprint density at radius 3 is 2.25 bits per heavy atom. The van der Waals surface area contributed by atoms with Crippen molar-refractivity contribution >= 4 is 32.4 Å². The van der Waals surface area contributed by atoms with Gasteiger partial charge in [-0.25, -0.2) is 8.42 Å². The lowest BCUT2D eigenvalue weighted by Crippen LogP contribution is -2.51. The second kappa shape index (κ2) is 9.50. The summed E-state index contributed by atoms with van der Waals surface area (Å²) in [5.41, 5.74) is 6.67. The zero-order valence-corrected chi connectivity index (χ0v) is 18.3. The number of sulfone groups is 1. The van der Waals surface area contributed by atoms with Gasteiger partial charge in [0, 0.05) is 13.1 Å². The van der Waals surface area contributed by atoms with Gasteiger partial charge in [0.15, 0.2) is 9.84 Å². The Kier molecular flexibility index (Phi) is 6.53. The van der Waals surface area contributed by atoms with E-state index in [1.807, 2.05) is 77.7 Å². The highest BCUT2D eigenvalue weighted by Gasteiger charge is 2.32. The molecule has 0 saturated carbocycles. The molecule has 3 aromatic carbocycles.